The fraction of sp³-hybridized carbons (Fsp3) is 0.100. The van der Waals surface area contributed by atoms with Gasteiger partial charge < -0.3 is 5.73 Å². The number of halogens is 2. The average molecular weight is 246 g/mol. The molecule has 0 radical (unpaired) electrons. The highest BCUT2D eigenvalue weighted by molar-refractivity contribution is 5.85. The Hall–Kier alpha value is -1.19. The van der Waals surface area contributed by atoms with Gasteiger partial charge in [0, 0.05) is 6.07 Å². The van der Waals surface area contributed by atoms with Crippen molar-refractivity contribution in [1.82, 2.24) is 9.78 Å². The van der Waals surface area contributed by atoms with Gasteiger partial charge in [0.1, 0.15) is 5.82 Å². The van der Waals surface area contributed by atoms with Gasteiger partial charge in [-0.25, -0.2) is 4.68 Å². The first-order chi connectivity index (χ1) is 6.27. The highest BCUT2D eigenvalue weighted by Gasteiger charge is 2.02. The van der Waals surface area contributed by atoms with Gasteiger partial charge in [-0.15, -0.1) is 24.8 Å². The van der Waals surface area contributed by atoms with Crippen LogP contribution in [0.15, 0.2) is 36.4 Å². The molecule has 5 heteroatoms. The fourth-order valence-electron chi connectivity index (χ4n) is 1.30. The lowest BCUT2D eigenvalue weighted by molar-refractivity contribution is 0.872. The van der Waals surface area contributed by atoms with E-state index < -0.39 is 0 Å². The number of nitrogens with zero attached hydrogens (tertiary/aromatic N) is 2. The first kappa shape index (κ1) is 13.8. The van der Waals surface area contributed by atoms with Crippen LogP contribution in [0, 0.1) is 6.92 Å². The van der Waals surface area contributed by atoms with Crippen LogP contribution in [0.3, 0.4) is 0 Å². The molecule has 0 spiro atoms. The largest absolute Gasteiger partial charge is 0.384 e. The zero-order valence-corrected chi connectivity index (χ0v) is 9.89. The second-order valence-electron chi connectivity index (χ2n) is 2.96. The summed E-state index contributed by atoms with van der Waals surface area (Å²) in [6.45, 7) is 1.93. The van der Waals surface area contributed by atoms with E-state index in [4.69, 9.17) is 5.73 Å². The molecule has 0 saturated carbocycles. The number of para-hydroxylation sites is 1. The van der Waals surface area contributed by atoms with Crippen LogP contribution >= 0.6 is 24.8 Å². The summed E-state index contributed by atoms with van der Waals surface area (Å²) >= 11 is 0. The molecular formula is C10H13Cl2N3. The van der Waals surface area contributed by atoms with Crippen LogP contribution in [-0.4, -0.2) is 9.78 Å². The first-order valence-corrected chi connectivity index (χ1v) is 4.15. The van der Waals surface area contributed by atoms with Gasteiger partial charge in [-0.1, -0.05) is 18.2 Å². The molecule has 2 aromatic rings. The summed E-state index contributed by atoms with van der Waals surface area (Å²) in [5.74, 6) is 0.670. The Kier molecular flexibility index (Phi) is 5.19. The topological polar surface area (TPSA) is 43.8 Å². The van der Waals surface area contributed by atoms with E-state index in [9.17, 15) is 0 Å². The number of aryl methyl sites for hydroxylation is 1. The van der Waals surface area contributed by atoms with Gasteiger partial charge in [-0.2, -0.15) is 5.10 Å². The lowest BCUT2D eigenvalue weighted by Crippen LogP contribution is -2.00. The Morgan fingerprint density at radius 1 is 1.13 bits per heavy atom. The molecule has 0 saturated heterocycles. The molecule has 2 rings (SSSR count). The minimum atomic E-state index is 0. The van der Waals surface area contributed by atoms with Crippen molar-refractivity contribution in [3.63, 3.8) is 0 Å². The van der Waals surface area contributed by atoms with E-state index in [0.717, 1.165) is 11.4 Å². The second kappa shape index (κ2) is 5.63. The van der Waals surface area contributed by atoms with Gasteiger partial charge >= 0.3 is 0 Å². The zero-order chi connectivity index (χ0) is 9.26. The molecule has 0 unspecified atom stereocenters. The highest BCUT2D eigenvalue weighted by atomic mass is 35.5. The Bertz CT molecular complexity index is 412. The molecule has 82 valence electrons. The summed E-state index contributed by atoms with van der Waals surface area (Å²) in [4.78, 5) is 0. The molecule has 1 aromatic carbocycles. The lowest BCUT2D eigenvalue weighted by atomic mass is 10.3. The molecule has 0 aliphatic rings. The van der Waals surface area contributed by atoms with E-state index in [1.165, 1.54) is 0 Å². The third-order valence-electron chi connectivity index (χ3n) is 1.86. The number of anilines is 1. The lowest BCUT2D eigenvalue weighted by Gasteiger charge is -2.01. The summed E-state index contributed by atoms with van der Waals surface area (Å²) < 4.78 is 1.73. The molecule has 0 atom stereocenters. The van der Waals surface area contributed by atoms with Gasteiger partial charge in [-0.3, -0.25) is 0 Å². The molecule has 1 aromatic heterocycles. The van der Waals surface area contributed by atoms with Gasteiger partial charge in [0.15, 0.2) is 0 Å². The number of benzene rings is 1. The van der Waals surface area contributed by atoms with Crippen LogP contribution in [0.1, 0.15) is 5.69 Å². The van der Waals surface area contributed by atoms with Gasteiger partial charge in [0.25, 0.3) is 0 Å². The zero-order valence-electron chi connectivity index (χ0n) is 8.25. The van der Waals surface area contributed by atoms with Crippen molar-refractivity contribution in [2.45, 2.75) is 6.92 Å². The molecule has 0 aliphatic heterocycles. The van der Waals surface area contributed by atoms with Crippen molar-refractivity contribution in [2.24, 2.45) is 0 Å². The number of hydrogen-bond donors (Lipinski definition) is 1. The van der Waals surface area contributed by atoms with E-state index in [2.05, 4.69) is 5.10 Å². The number of hydrogen-bond acceptors (Lipinski definition) is 2. The van der Waals surface area contributed by atoms with E-state index in [-0.39, 0.29) is 24.8 Å². The molecule has 1 heterocycles. The van der Waals surface area contributed by atoms with Crippen LogP contribution in [0.5, 0.6) is 0 Å². The average Bonchev–Trinajstić information content (AvgIpc) is 2.47. The van der Waals surface area contributed by atoms with E-state index >= 15 is 0 Å². The predicted molar refractivity (Wildman–Crippen MR) is 67.2 cm³/mol. The molecule has 3 nitrogen and oxygen atoms in total. The van der Waals surface area contributed by atoms with Crippen LogP contribution in [-0.2, 0) is 0 Å². The third kappa shape index (κ3) is 2.88. The van der Waals surface area contributed by atoms with E-state index in [0.29, 0.717) is 5.82 Å². The Labute approximate surface area is 101 Å². The van der Waals surface area contributed by atoms with Gasteiger partial charge in [0.2, 0.25) is 0 Å². The molecule has 0 bridgehead atoms. The number of aromatic nitrogens is 2. The van der Waals surface area contributed by atoms with Gasteiger partial charge in [-0.05, 0) is 19.1 Å². The van der Waals surface area contributed by atoms with Crippen molar-refractivity contribution in [1.29, 1.82) is 0 Å². The van der Waals surface area contributed by atoms with Crippen molar-refractivity contribution in [3.8, 4) is 5.69 Å². The second-order valence-corrected chi connectivity index (χ2v) is 2.96. The molecule has 2 N–H and O–H groups in total. The fourth-order valence-corrected chi connectivity index (χ4v) is 1.30. The summed E-state index contributed by atoms with van der Waals surface area (Å²) in [5, 5.41) is 4.27. The van der Waals surface area contributed by atoms with Crippen molar-refractivity contribution < 1.29 is 0 Å². The standard InChI is InChI=1S/C10H11N3.2ClH/c1-8-7-10(11)13(12-8)9-5-3-2-4-6-9;;/h2-7H,11H2,1H3;2*1H. The Balaban J connectivity index is 0.000000980. The predicted octanol–water partition coefficient (Wildman–Crippen LogP) is 2.61. The Morgan fingerprint density at radius 2 is 1.73 bits per heavy atom. The van der Waals surface area contributed by atoms with Crippen molar-refractivity contribution >= 4 is 30.6 Å². The first-order valence-electron chi connectivity index (χ1n) is 4.15. The summed E-state index contributed by atoms with van der Waals surface area (Å²) in [6, 6.07) is 11.7. The number of nitrogen functional groups attached to an aromatic ring is 1. The third-order valence-corrected chi connectivity index (χ3v) is 1.86. The van der Waals surface area contributed by atoms with Crippen molar-refractivity contribution in [3.05, 3.63) is 42.1 Å². The van der Waals surface area contributed by atoms with Crippen LogP contribution < -0.4 is 5.73 Å². The summed E-state index contributed by atoms with van der Waals surface area (Å²) in [5.41, 5.74) is 7.70. The molecule has 0 fully saturated rings. The minimum absolute atomic E-state index is 0. The maximum absolute atomic E-state index is 5.77. The minimum Gasteiger partial charge on any atom is -0.384 e. The summed E-state index contributed by atoms with van der Waals surface area (Å²) in [6.07, 6.45) is 0. The SMILES string of the molecule is Cc1cc(N)n(-c2ccccc2)n1.Cl.Cl. The number of nitrogens with two attached hydrogens (primary N) is 1. The van der Waals surface area contributed by atoms with Gasteiger partial charge in [0.05, 0.1) is 11.4 Å². The molecular weight excluding hydrogens is 233 g/mol. The Morgan fingerprint density at radius 3 is 2.20 bits per heavy atom. The van der Waals surface area contributed by atoms with E-state index in [1.807, 2.05) is 43.3 Å². The maximum Gasteiger partial charge on any atom is 0.127 e. The van der Waals surface area contributed by atoms with Crippen LogP contribution in [0.2, 0.25) is 0 Å². The van der Waals surface area contributed by atoms with Crippen LogP contribution in [0.4, 0.5) is 5.82 Å². The normalized spacial score (nSPS) is 8.87. The monoisotopic (exact) mass is 245 g/mol. The molecule has 15 heavy (non-hydrogen) atoms. The quantitative estimate of drug-likeness (QED) is 0.840. The smallest absolute Gasteiger partial charge is 0.127 e. The highest BCUT2D eigenvalue weighted by Crippen LogP contribution is 2.12. The van der Waals surface area contributed by atoms with E-state index in [1.54, 1.807) is 4.68 Å². The van der Waals surface area contributed by atoms with Crippen molar-refractivity contribution in [2.75, 3.05) is 5.73 Å². The number of rotatable bonds is 1. The molecule has 0 amide bonds. The summed E-state index contributed by atoms with van der Waals surface area (Å²) in [7, 11) is 0. The molecule has 0 aliphatic carbocycles. The van der Waals surface area contributed by atoms with Crippen LogP contribution in [0.25, 0.3) is 5.69 Å². The maximum atomic E-state index is 5.77.